The van der Waals surface area contributed by atoms with Crippen LogP contribution < -0.4 is 20.1 Å². The van der Waals surface area contributed by atoms with Crippen molar-refractivity contribution in [3.63, 3.8) is 0 Å². The van der Waals surface area contributed by atoms with Crippen molar-refractivity contribution in [2.24, 2.45) is 0 Å². The quantitative estimate of drug-likeness (QED) is 0.828. The van der Waals surface area contributed by atoms with Gasteiger partial charge in [-0.05, 0) is 25.1 Å². The van der Waals surface area contributed by atoms with Crippen LogP contribution in [-0.2, 0) is 6.54 Å². The molecule has 2 N–H and O–H groups in total. The average Bonchev–Trinajstić information content (AvgIpc) is 2.52. The van der Waals surface area contributed by atoms with E-state index in [4.69, 9.17) is 15.2 Å². The summed E-state index contributed by atoms with van der Waals surface area (Å²) in [5.41, 5.74) is 8.50. The molecule has 1 heterocycles. The number of nitrogens with two attached hydrogens (primary N) is 1. The van der Waals surface area contributed by atoms with E-state index in [9.17, 15) is 0 Å². The van der Waals surface area contributed by atoms with Crippen LogP contribution in [0.25, 0.3) is 0 Å². The van der Waals surface area contributed by atoms with E-state index < -0.39 is 0 Å². The molecule has 5 nitrogen and oxygen atoms in total. The third-order valence-electron chi connectivity index (χ3n) is 3.32. The van der Waals surface area contributed by atoms with E-state index in [1.54, 1.807) is 26.5 Å². The first-order valence-electron chi connectivity index (χ1n) is 6.86. The number of anilines is 2. The zero-order valence-corrected chi connectivity index (χ0v) is 12.7. The van der Waals surface area contributed by atoms with E-state index in [1.165, 1.54) is 0 Å². The Bertz CT molecular complexity index is 602. The molecule has 2 rings (SSSR count). The fourth-order valence-corrected chi connectivity index (χ4v) is 2.25. The van der Waals surface area contributed by atoms with Crippen molar-refractivity contribution in [3.05, 3.63) is 42.2 Å². The molecule has 0 spiro atoms. The first-order chi connectivity index (χ1) is 10.2. The van der Waals surface area contributed by atoms with Crippen LogP contribution in [0, 0.1) is 0 Å². The van der Waals surface area contributed by atoms with E-state index in [-0.39, 0.29) is 0 Å². The van der Waals surface area contributed by atoms with Crippen molar-refractivity contribution in [1.82, 2.24) is 4.98 Å². The molecule has 5 heteroatoms. The minimum Gasteiger partial charge on any atom is -0.493 e. The first kappa shape index (κ1) is 15.0. The van der Waals surface area contributed by atoms with Gasteiger partial charge in [-0.3, -0.25) is 4.98 Å². The maximum Gasteiger partial charge on any atom is 0.184 e. The fourth-order valence-electron chi connectivity index (χ4n) is 2.25. The number of methoxy groups -OCH3 is 2. The number of ether oxygens (including phenoxy) is 2. The van der Waals surface area contributed by atoms with Gasteiger partial charge in [0, 0.05) is 30.2 Å². The molecule has 1 aromatic carbocycles. The molecule has 21 heavy (non-hydrogen) atoms. The summed E-state index contributed by atoms with van der Waals surface area (Å²) < 4.78 is 10.7. The second-order valence-corrected chi connectivity index (χ2v) is 4.60. The number of hydrogen-bond acceptors (Lipinski definition) is 5. The number of pyridine rings is 1. The maximum absolute atomic E-state index is 5.86. The Morgan fingerprint density at radius 1 is 1.19 bits per heavy atom. The van der Waals surface area contributed by atoms with Gasteiger partial charge in [-0.2, -0.15) is 0 Å². The molecule has 2 aromatic rings. The lowest BCUT2D eigenvalue weighted by Crippen LogP contribution is -2.23. The van der Waals surface area contributed by atoms with Gasteiger partial charge in [0.2, 0.25) is 0 Å². The molecule has 0 amide bonds. The predicted octanol–water partition coefficient (Wildman–Crippen LogP) is 2.71. The fraction of sp³-hybridized carbons (Fsp3) is 0.312. The summed E-state index contributed by atoms with van der Waals surface area (Å²) in [6.07, 6.45) is 1.73. The molecule has 0 atom stereocenters. The Kier molecular flexibility index (Phi) is 4.87. The molecule has 0 aliphatic heterocycles. The Morgan fingerprint density at radius 2 is 2.00 bits per heavy atom. The summed E-state index contributed by atoms with van der Waals surface area (Å²) in [5.74, 6) is 1.36. The molecule has 0 saturated carbocycles. The van der Waals surface area contributed by atoms with Crippen LogP contribution in [-0.4, -0.2) is 25.7 Å². The summed E-state index contributed by atoms with van der Waals surface area (Å²) in [4.78, 5) is 6.60. The molecule has 0 fully saturated rings. The number of nitrogens with zero attached hydrogens (tertiary/aromatic N) is 2. The van der Waals surface area contributed by atoms with Crippen LogP contribution in [0.15, 0.2) is 36.5 Å². The van der Waals surface area contributed by atoms with E-state index in [0.717, 1.165) is 23.6 Å². The van der Waals surface area contributed by atoms with Crippen molar-refractivity contribution in [1.29, 1.82) is 0 Å². The van der Waals surface area contributed by atoms with E-state index in [2.05, 4.69) is 16.8 Å². The highest BCUT2D eigenvalue weighted by molar-refractivity contribution is 5.56. The lowest BCUT2D eigenvalue weighted by Gasteiger charge is -2.24. The van der Waals surface area contributed by atoms with Crippen LogP contribution in [0.1, 0.15) is 12.6 Å². The summed E-state index contributed by atoms with van der Waals surface area (Å²) >= 11 is 0. The molecule has 112 valence electrons. The zero-order valence-electron chi connectivity index (χ0n) is 12.7. The lowest BCUT2D eigenvalue weighted by molar-refractivity contribution is 0.349. The third kappa shape index (κ3) is 3.37. The van der Waals surface area contributed by atoms with Gasteiger partial charge in [-0.25, -0.2) is 0 Å². The summed E-state index contributed by atoms with van der Waals surface area (Å²) in [6.45, 7) is 3.56. The van der Waals surface area contributed by atoms with Crippen molar-refractivity contribution in [2.45, 2.75) is 13.5 Å². The van der Waals surface area contributed by atoms with Crippen molar-refractivity contribution >= 4 is 11.4 Å². The standard InChI is InChI=1S/C16H21N3O2/c1-4-19(13-7-5-6-12(17)10-13)11-14-16(21-3)15(20-2)8-9-18-14/h5-10H,4,11,17H2,1-3H3. The Labute approximate surface area is 125 Å². The molecular weight excluding hydrogens is 266 g/mol. The minimum atomic E-state index is 0.625. The highest BCUT2D eigenvalue weighted by atomic mass is 16.5. The SMILES string of the molecule is CCN(Cc1nccc(OC)c1OC)c1cccc(N)c1. The van der Waals surface area contributed by atoms with Gasteiger partial charge >= 0.3 is 0 Å². The van der Waals surface area contributed by atoms with Crippen LogP contribution in [0.2, 0.25) is 0 Å². The van der Waals surface area contributed by atoms with Gasteiger partial charge in [0.05, 0.1) is 20.8 Å². The number of aromatic nitrogens is 1. The average molecular weight is 287 g/mol. The second kappa shape index (κ2) is 6.83. The van der Waals surface area contributed by atoms with Crippen LogP contribution >= 0.6 is 0 Å². The molecule has 0 radical (unpaired) electrons. The highest BCUT2D eigenvalue weighted by Gasteiger charge is 2.14. The summed E-state index contributed by atoms with van der Waals surface area (Å²) in [7, 11) is 3.25. The number of nitrogen functional groups attached to an aromatic ring is 1. The highest BCUT2D eigenvalue weighted by Crippen LogP contribution is 2.31. The molecule has 0 unspecified atom stereocenters. The van der Waals surface area contributed by atoms with Gasteiger partial charge in [-0.15, -0.1) is 0 Å². The molecule has 0 aliphatic carbocycles. The molecular formula is C16H21N3O2. The third-order valence-corrected chi connectivity index (χ3v) is 3.32. The van der Waals surface area contributed by atoms with Crippen molar-refractivity contribution in [2.75, 3.05) is 31.4 Å². The van der Waals surface area contributed by atoms with Gasteiger partial charge < -0.3 is 20.1 Å². The van der Waals surface area contributed by atoms with E-state index in [1.807, 2.05) is 24.3 Å². The Balaban J connectivity index is 2.31. The van der Waals surface area contributed by atoms with Crippen LogP contribution in [0.4, 0.5) is 11.4 Å². The minimum absolute atomic E-state index is 0.625. The lowest BCUT2D eigenvalue weighted by atomic mass is 10.2. The number of benzene rings is 1. The molecule has 0 aliphatic rings. The first-order valence-corrected chi connectivity index (χ1v) is 6.86. The zero-order chi connectivity index (χ0) is 15.2. The molecule has 0 bridgehead atoms. The van der Waals surface area contributed by atoms with Crippen LogP contribution in [0.3, 0.4) is 0 Å². The normalized spacial score (nSPS) is 10.2. The Morgan fingerprint density at radius 3 is 2.62 bits per heavy atom. The van der Waals surface area contributed by atoms with E-state index >= 15 is 0 Å². The second-order valence-electron chi connectivity index (χ2n) is 4.60. The smallest absolute Gasteiger partial charge is 0.184 e. The molecule has 1 aromatic heterocycles. The Hall–Kier alpha value is -2.43. The van der Waals surface area contributed by atoms with Gasteiger partial charge in [0.25, 0.3) is 0 Å². The van der Waals surface area contributed by atoms with Gasteiger partial charge in [0.15, 0.2) is 11.5 Å². The number of rotatable bonds is 6. The van der Waals surface area contributed by atoms with E-state index in [0.29, 0.717) is 18.0 Å². The monoisotopic (exact) mass is 287 g/mol. The topological polar surface area (TPSA) is 60.6 Å². The largest absolute Gasteiger partial charge is 0.493 e. The van der Waals surface area contributed by atoms with Gasteiger partial charge in [0.1, 0.15) is 5.69 Å². The molecule has 0 saturated heterocycles. The van der Waals surface area contributed by atoms with Crippen molar-refractivity contribution < 1.29 is 9.47 Å². The van der Waals surface area contributed by atoms with Crippen LogP contribution in [0.5, 0.6) is 11.5 Å². The summed E-state index contributed by atoms with van der Waals surface area (Å²) in [6, 6.07) is 9.60. The van der Waals surface area contributed by atoms with Crippen molar-refractivity contribution in [3.8, 4) is 11.5 Å². The summed E-state index contributed by atoms with van der Waals surface area (Å²) in [5, 5.41) is 0. The predicted molar refractivity (Wildman–Crippen MR) is 84.9 cm³/mol. The maximum atomic E-state index is 5.86. The number of hydrogen-bond donors (Lipinski definition) is 1. The van der Waals surface area contributed by atoms with Gasteiger partial charge in [-0.1, -0.05) is 6.07 Å².